The summed E-state index contributed by atoms with van der Waals surface area (Å²) in [6.45, 7) is 5.84. The fraction of sp³-hybridized carbons (Fsp3) is 0.310. The van der Waals surface area contributed by atoms with E-state index in [-0.39, 0.29) is 56.3 Å². The molecular formula is C29H30Cl3N3O4S. The Morgan fingerprint density at radius 3 is 2.20 bits per heavy atom. The van der Waals surface area contributed by atoms with Crippen LogP contribution in [0, 0.1) is 0 Å². The molecule has 1 aliphatic rings. The molecule has 1 aliphatic heterocycles. The van der Waals surface area contributed by atoms with Crippen LogP contribution in [0.1, 0.15) is 60.7 Å². The first-order chi connectivity index (χ1) is 18.9. The number of piperidine rings is 1. The highest BCUT2D eigenvalue weighted by Gasteiger charge is 2.32. The van der Waals surface area contributed by atoms with Crippen LogP contribution in [0.25, 0.3) is 0 Å². The van der Waals surface area contributed by atoms with Crippen molar-refractivity contribution in [2.24, 2.45) is 0 Å². The first-order valence-electron chi connectivity index (χ1n) is 13.0. The number of likely N-dealkylation sites (tertiary alicyclic amines) is 1. The van der Waals surface area contributed by atoms with Gasteiger partial charge in [-0.25, -0.2) is 8.42 Å². The Hall–Kier alpha value is -2.78. The van der Waals surface area contributed by atoms with Gasteiger partial charge in [0, 0.05) is 23.7 Å². The molecule has 1 saturated heterocycles. The summed E-state index contributed by atoms with van der Waals surface area (Å²) in [5, 5.41) is 2.92. The smallest absolute Gasteiger partial charge is 0.265 e. The molecule has 3 aromatic carbocycles. The van der Waals surface area contributed by atoms with E-state index in [2.05, 4.69) is 5.32 Å². The van der Waals surface area contributed by atoms with Crippen LogP contribution in [0.5, 0.6) is 0 Å². The van der Waals surface area contributed by atoms with Gasteiger partial charge in [-0.1, -0.05) is 53.0 Å². The molecule has 212 valence electrons. The molecule has 40 heavy (non-hydrogen) atoms. The third kappa shape index (κ3) is 6.10. The molecule has 0 radical (unpaired) electrons. The van der Waals surface area contributed by atoms with Gasteiger partial charge >= 0.3 is 0 Å². The van der Waals surface area contributed by atoms with Gasteiger partial charge in [-0.2, -0.15) is 0 Å². The Morgan fingerprint density at radius 1 is 0.925 bits per heavy atom. The van der Waals surface area contributed by atoms with Gasteiger partial charge in [-0.3, -0.25) is 13.9 Å². The summed E-state index contributed by atoms with van der Waals surface area (Å²) in [6.07, 6.45) is 2.80. The molecule has 0 bridgehead atoms. The SMILES string of the molecule is CCN(c1ccccc1)S(=O)(=O)c1cc(C(=O)Nc2ccc(Cl)cc2C(=O)N2C(C)CCCC2C)c(Cl)cc1Cl. The van der Waals surface area contributed by atoms with Crippen molar-refractivity contribution in [1.29, 1.82) is 0 Å². The van der Waals surface area contributed by atoms with Crippen molar-refractivity contribution >= 4 is 68.0 Å². The lowest BCUT2D eigenvalue weighted by molar-refractivity contribution is 0.0512. The lowest BCUT2D eigenvalue weighted by Gasteiger charge is -2.39. The van der Waals surface area contributed by atoms with Crippen molar-refractivity contribution in [3.8, 4) is 0 Å². The molecule has 11 heteroatoms. The zero-order valence-corrected chi connectivity index (χ0v) is 25.4. The van der Waals surface area contributed by atoms with Crippen LogP contribution in [0.2, 0.25) is 15.1 Å². The minimum Gasteiger partial charge on any atom is -0.333 e. The normalized spacial score (nSPS) is 17.4. The van der Waals surface area contributed by atoms with Crippen molar-refractivity contribution < 1.29 is 18.0 Å². The molecule has 0 spiro atoms. The van der Waals surface area contributed by atoms with E-state index >= 15 is 0 Å². The number of anilines is 2. The van der Waals surface area contributed by atoms with Gasteiger partial charge < -0.3 is 10.2 Å². The van der Waals surface area contributed by atoms with E-state index in [0.717, 1.165) is 25.3 Å². The van der Waals surface area contributed by atoms with Crippen LogP contribution >= 0.6 is 34.8 Å². The van der Waals surface area contributed by atoms with Gasteiger partial charge in [0.15, 0.2) is 0 Å². The molecule has 0 aliphatic carbocycles. The zero-order valence-electron chi connectivity index (χ0n) is 22.3. The minimum atomic E-state index is -4.15. The summed E-state index contributed by atoms with van der Waals surface area (Å²) in [7, 11) is -4.15. The highest BCUT2D eigenvalue weighted by Crippen LogP contribution is 2.34. The monoisotopic (exact) mass is 621 g/mol. The van der Waals surface area contributed by atoms with Crippen molar-refractivity contribution in [1.82, 2.24) is 4.90 Å². The molecule has 7 nitrogen and oxygen atoms in total. The van der Waals surface area contributed by atoms with Gasteiger partial charge in [0.25, 0.3) is 21.8 Å². The first kappa shape index (κ1) is 30.2. The average Bonchev–Trinajstić information content (AvgIpc) is 2.90. The fourth-order valence-electron chi connectivity index (χ4n) is 5.06. The first-order valence-corrected chi connectivity index (χ1v) is 15.5. The predicted molar refractivity (Wildman–Crippen MR) is 161 cm³/mol. The molecule has 2 unspecified atom stereocenters. The molecule has 2 amide bonds. The fourth-order valence-corrected chi connectivity index (χ4v) is 7.54. The van der Waals surface area contributed by atoms with Crippen LogP contribution in [-0.4, -0.2) is 43.8 Å². The Bertz CT molecular complexity index is 1520. The number of hydrogen-bond acceptors (Lipinski definition) is 4. The summed E-state index contributed by atoms with van der Waals surface area (Å²) in [5.74, 6) is -0.943. The zero-order chi connectivity index (χ0) is 29.2. The number of carbonyl (C=O) groups is 2. The quantitative estimate of drug-likeness (QED) is 0.295. The molecule has 1 fully saturated rings. The second kappa shape index (κ2) is 12.4. The maximum absolute atomic E-state index is 13.6. The Labute approximate surface area is 250 Å². The van der Waals surface area contributed by atoms with E-state index in [9.17, 15) is 18.0 Å². The highest BCUT2D eigenvalue weighted by molar-refractivity contribution is 7.93. The molecule has 0 aromatic heterocycles. The lowest BCUT2D eigenvalue weighted by Crippen LogP contribution is -2.47. The Balaban J connectivity index is 1.70. The van der Waals surface area contributed by atoms with Gasteiger partial charge in [0.2, 0.25) is 0 Å². The number of halogens is 3. The van der Waals surface area contributed by atoms with Crippen LogP contribution in [0.15, 0.2) is 65.6 Å². The summed E-state index contributed by atoms with van der Waals surface area (Å²) < 4.78 is 28.5. The van der Waals surface area contributed by atoms with E-state index in [0.29, 0.717) is 10.7 Å². The largest absolute Gasteiger partial charge is 0.333 e. The summed E-state index contributed by atoms with van der Waals surface area (Å²) in [5.41, 5.74) is 0.814. The molecular weight excluding hydrogens is 593 g/mol. The Morgan fingerprint density at radius 2 is 1.57 bits per heavy atom. The second-order valence-corrected chi connectivity index (χ2v) is 12.8. The molecule has 2 atom stereocenters. The maximum Gasteiger partial charge on any atom is 0.265 e. The minimum absolute atomic E-state index is 0.0309. The van der Waals surface area contributed by atoms with Crippen LogP contribution in [-0.2, 0) is 10.0 Å². The predicted octanol–water partition coefficient (Wildman–Crippen LogP) is 7.52. The Kier molecular flexibility index (Phi) is 9.35. The van der Waals surface area contributed by atoms with Crippen molar-refractivity contribution in [2.75, 3.05) is 16.2 Å². The second-order valence-electron chi connectivity index (χ2n) is 9.75. The molecule has 0 saturated carbocycles. The molecule has 1 heterocycles. The third-order valence-corrected chi connectivity index (χ3v) is 9.97. The number of benzene rings is 3. The number of carbonyl (C=O) groups excluding carboxylic acids is 2. The van der Waals surface area contributed by atoms with Crippen LogP contribution < -0.4 is 9.62 Å². The number of rotatable bonds is 7. The lowest BCUT2D eigenvalue weighted by atomic mass is 9.96. The number of nitrogens with one attached hydrogen (secondary N) is 1. The number of amides is 2. The number of hydrogen-bond donors (Lipinski definition) is 1. The van der Waals surface area contributed by atoms with Gasteiger partial charge in [0.05, 0.1) is 32.5 Å². The number of nitrogens with zero attached hydrogens (tertiary/aromatic N) is 2. The van der Waals surface area contributed by atoms with E-state index in [1.54, 1.807) is 49.4 Å². The number of para-hydroxylation sites is 1. The van der Waals surface area contributed by atoms with E-state index in [1.165, 1.54) is 16.4 Å². The average molecular weight is 623 g/mol. The van der Waals surface area contributed by atoms with Gasteiger partial charge in [0.1, 0.15) is 4.90 Å². The summed E-state index contributed by atoms with van der Waals surface area (Å²) in [6, 6.07) is 15.7. The highest BCUT2D eigenvalue weighted by atomic mass is 35.5. The topological polar surface area (TPSA) is 86.8 Å². The number of sulfonamides is 1. The van der Waals surface area contributed by atoms with Crippen LogP contribution in [0.4, 0.5) is 11.4 Å². The van der Waals surface area contributed by atoms with E-state index in [4.69, 9.17) is 34.8 Å². The summed E-state index contributed by atoms with van der Waals surface area (Å²) in [4.78, 5) is 28.7. The van der Waals surface area contributed by atoms with Crippen LogP contribution in [0.3, 0.4) is 0 Å². The van der Waals surface area contributed by atoms with Crippen molar-refractivity contribution in [3.63, 3.8) is 0 Å². The standard InChI is InChI=1S/C29H30Cl3N3O4S/c1-4-34(21-11-6-5-7-12-21)40(38,39)27-16-22(24(31)17-25(27)32)28(36)33-26-14-13-20(30)15-23(26)29(37)35-18(2)9-8-10-19(35)3/h5-7,11-19H,4,8-10H2,1-3H3,(H,33,36). The van der Waals surface area contributed by atoms with Crippen molar-refractivity contribution in [2.45, 2.75) is 57.0 Å². The van der Waals surface area contributed by atoms with E-state index < -0.39 is 15.9 Å². The van der Waals surface area contributed by atoms with E-state index in [1.807, 2.05) is 18.7 Å². The maximum atomic E-state index is 13.6. The van der Waals surface area contributed by atoms with Crippen molar-refractivity contribution in [3.05, 3.63) is 86.9 Å². The molecule has 1 N–H and O–H groups in total. The molecule has 4 rings (SSSR count). The van der Waals surface area contributed by atoms with Gasteiger partial charge in [-0.05, 0) is 82.5 Å². The van der Waals surface area contributed by atoms with Gasteiger partial charge in [-0.15, -0.1) is 0 Å². The molecule has 3 aromatic rings. The summed E-state index contributed by atoms with van der Waals surface area (Å²) >= 11 is 19.0. The third-order valence-electron chi connectivity index (χ3n) is 7.05.